The Morgan fingerprint density at radius 3 is 2.68 bits per heavy atom. The van der Waals surface area contributed by atoms with Crippen molar-refractivity contribution < 1.29 is 9.53 Å². The van der Waals surface area contributed by atoms with Gasteiger partial charge in [0.25, 0.3) is 0 Å². The van der Waals surface area contributed by atoms with Crippen molar-refractivity contribution in [2.75, 3.05) is 11.9 Å². The Labute approximate surface area is 181 Å². The zero-order valence-electron chi connectivity index (χ0n) is 17.7. The molecule has 0 fully saturated rings. The van der Waals surface area contributed by atoms with Crippen LogP contribution in [0.3, 0.4) is 0 Å². The number of hydrogen-bond acceptors (Lipinski definition) is 5. The van der Waals surface area contributed by atoms with Crippen LogP contribution in [-0.2, 0) is 11.3 Å². The summed E-state index contributed by atoms with van der Waals surface area (Å²) in [5, 5.41) is 17.5. The number of carbonyl (C=O) groups is 1. The third-order valence-corrected chi connectivity index (χ3v) is 5.02. The Balaban J connectivity index is 1.42. The molecule has 4 rings (SSSR count). The third-order valence-electron chi connectivity index (χ3n) is 5.02. The largest absolute Gasteiger partial charge is 0.494 e. The van der Waals surface area contributed by atoms with Gasteiger partial charge in [0, 0.05) is 10.9 Å². The molecule has 0 aliphatic heterocycles. The zero-order chi connectivity index (χ0) is 21.6. The van der Waals surface area contributed by atoms with Crippen LogP contribution in [0.25, 0.3) is 22.2 Å². The van der Waals surface area contributed by atoms with Gasteiger partial charge < -0.3 is 10.1 Å². The first-order valence-electron chi connectivity index (χ1n) is 10.4. The Bertz CT molecular complexity index is 1180. The van der Waals surface area contributed by atoms with E-state index >= 15 is 0 Å². The van der Waals surface area contributed by atoms with Gasteiger partial charge in [-0.3, -0.25) is 4.79 Å². The van der Waals surface area contributed by atoms with Crippen LogP contribution in [0.15, 0.2) is 60.7 Å². The van der Waals surface area contributed by atoms with E-state index in [4.69, 9.17) is 4.74 Å². The number of tetrazole rings is 1. The van der Waals surface area contributed by atoms with E-state index in [2.05, 4.69) is 27.7 Å². The monoisotopic (exact) mass is 415 g/mol. The zero-order valence-corrected chi connectivity index (χ0v) is 17.7. The number of fused-ring (bicyclic) bond motifs is 1. The van der Waals surface area contributed by atoms with Crippen LogP contribution in [0.4, 0.5) is 5.69 Å². The summed E-state index contributed by atoms with van der Waals surface area (Å²) in [5.41, 5.74) is 2.63. The number of nitrogens with one attached hydrogen (secondary N) is 1. The maximum Gasteiger partial charge on any atom is 0.248 e. The molecule has 0 saturated carbocycles. The highest BCUT2D eigenvalue weighted by Crippen LogP contribution is 2.27. The molecule has 1 heterocycles. The maximum atomic E-state index is 12.6. The molecular weight excluding hydrogens is 390 g/mol. The molecule has 1 amide bonds. The van der Waals surface area contributed by atoms with Crippen LogP contribution in [0.5, 0.6) is 5.75 Å². The van der Waals surface area contributed by atoms with E-state index < -0.39 is 0 Å². The summed E-state index contributed by atoms with van der Waals surface area (Å²) in [6.45, 7) is 4.79. The lowest BCUT2D eigenvalue weighted by molar-refractivity contribution is -0.117. The Morgan fingerprint density at radius 2 is 1.87 bits per heavy atom. The molecule has 0 atom stereocenters. The van der Waals surface area contributed by atoms with E-state index in [1.807, 2.05) is 67.6 Å². The first-order chi connectivity index (χ1) is 15.1. The number of carbonyl (C=O) groups excluding carboxylic acids is 1. The first kappa shape index (κ1) is 20.5. The highest BCUT2D eigenvalue weighted by molar-refractivity contribution is 6.03. The normalized spacial score (nSPS) is 10.9. The highest BCUT2D eigenvalue weighted by atomic mass is 16.5. The van der Waals surface area contributed by atoms with Crippen molar-refractivity contribution in [1.29, 1.82) is 0 Å². The molecule has 0 radical (unpaired) electrons. The average molecular weight is 415 g/mol. The number of anilines is 1. The molecular formula is C24H25N5O2. The molecule has 1 aromatic heterocycles. The van der Waals surface area contributed by atoms with Crippen molar-refractivity contribution in [3.63, 3.8) is 0 Å². The number of aromatic nitrogens is 4. The van der Waals surface area contributed by atoms with Crippen LogP contribution in [0.1, 0.15) is 25.3 Å². The minimum atomic E-state index is -0.205. The van der Waals surface area contributed by atoms with Crippen molar-refractivity contribution in [2.24, 2.45) is 0 Å². The summed E-state index contributed by atoms with van der Waals surface area (Å²) in [4.78, 5) is 13.9. The van der Waals surface area contributed by atoms with E-state index in [1.165, 1.54) is 4.80 Å². The quantitative estimate of drug-likeness (QED) is 0.425. The summed E-state index contributed by atoms with van der Waals surface area (Å²) < 4.78 is 5.68. The van der Waals surface area contributed by atoms with Crippen molar-refractivity contribution in [3.05, 3.63) is 66.2 Å². The standard InChI is InChI=1S/C24H25N5O2/c1-3-4-15-31-20-13-11-19(12-14-20)24-26-28-29(27-24)16-22(30)25-23-17(2)9-10-18-7-5-6-8-21(18)23/h5-14H,3-4,15-16H2,1-2H3,(H,25,30). The number of unbranched alkanes of at least 4 members (excludes halogenated alkanes) is 1. The molecule has 0 spiro atoms. The summed E-state index contributed by atoms with van der Waals surface area (Å²) in [7, 11) is 0. The Kier molecular flexibility index (Phi) is 6.21. The number of nitrogens with zero attached hydrogens (tertiary/aromatic N) is 4. The Morgan fingerprint density at radius 1 is 1.06 bits per heavy atom. The van der Waals surface area contributed by atoms with Gasteiger partial charge >= 0.3 is 0 Å². The van der Waals surface area contributed by atoms with Gasteiger partial charge in [0.2, 0.25) is 11.7 Å². The van der Waals surface area contributed by atoms with Gasteiger partial charge in [-0.25, -0.2) is 0 Å². The molecule has 4 aromatic rings. The molecule has 0 unspecified atom stereocenters. The van der Waals surface area contributed by atoms with Gasteiger partial charge in [0.1, 0.15) is 12.3 Å². The molecule has 0 bridgehead atoms. The number of rotatable bonds is 8. The molecule has 0 aliphatic carbocycles. The fourth-order valence-electron chi connectivity index (χ4n) is 3.31. The summed E-state index contributed by atoms with van der Waals surface area (Å²) in [6, 6.07) is 19.6. The molecule has 158 valence electrons. The first-order valence-corrected chi connectivity index (χ1v) is 10.4. The van der Waals surface area contributed by atoms with Gasteiger partial charge in [-0.15, -0.1) is 10.2 Å². The molecule has 0 saturated heterocycles. The summed E-state index contributed by atoms with van der Waals surface area (Å²) in [6.07, 6.45) is 2.12. The summed E-state index contributed by atoms with van der Waals surface area (Å²) >= 11 is 0. The second-order valence-corrected chi connectivity index (χ2v) is 7.40. The minimum Gasteiger partial charge on any atom is -0.494 e. The number of ether oxygens (including phenoxy) is 1. The Hall–Kier alpha value is -3.74. The molecule has 0 aliphatic rings. The molecule has 7 nitrogen and oxygen atoms in total. The lowest BCUT2D eigenvalue weighted by atomic mass is 10.0. The predicted octanol–water partition coefficient (Wildman–Crippen LogP) is 4.62. The van der Waals surface area contributed by atoms with E-state index in [0.29, 0.717) is 12.4 Å². The molecule has 3 aromatic carbocycles. The van der Waals surface area contributed by atoms with Crippen LogP contribution >= 0.6 is 0 Å². The van der Waals surface area contributed by atoms with E-state index in [1.54, 1.807) is 0 Å². The van der Waals surface area contributed by atoms with Gasteiger partial charge in [0.05, 0.1) is 12.3 Å². The van der Waals surface area contributed by atoms with E-state index in [9.17, 15) is 4.79 Å². The van der Waals surface area contributed by atoms with Crippen molar-refractivity contribution >= 4 is 22.4 Å². The lowest BCUT2D eigenvalue weighted by Crippen LogP contribution is -2.21. The lowest BCUT2D eigenvalue weighted by Gasteiger charge is -2.11. The second-order valence-electron chi connectivity index (χ2n) is 7.40. The number of hydrogen-bond donors (Lipinski definition) is 1. The van der Waals surface area contributed by atoms with E-state index in [0.717, 1.165) is 46.2 Å². The van der Waals surface area contributed by atoms with Crippen molar-refractivity contribution in [1.82, 2.24) is 20.2 Å². The number of amides is 1. The number of benzene rings is 3. The minimum absolute atomic E-state index is 0.0200. The molecule has 31 heavy (non-hydrogen) atoms. The fraction of sp³-hybridized carbons (Fsp3) is 0.250. The second kappa shape index (κ2) is 9.38. The predicted molar refractivity (Wildman–Crippen MR) is 121 cm³/mol. The number of aryl methyl sites for hydroxylation is 1. The van der Waals surface area contributed by atoms with Crippen molar-refractivity contribution in [2.45, 2.75) is 33.2 Å². The third kappa shape index (κ3) is 4.88. The van der Waals surface area contributed by atoms with E-state index in [-0.39, 0.29) is 12.5 Å². The average Bonchev–Trinajstić information content (AvgIpc) is 3.25. The van der Waals surface area contributed by atoms with Gasteiger partial charge in [-0.05, 0) is 53.8 Å². The van der Waals surface area contributed by atoms with Crippen LogP contribution < -0.4 is 10.1 Å². The van der Waals surface area contributed by atoms with Gasteiger partial charge in [-0.2, -0.15) is 4.80 Å². The van der Waals surface area contributed by atoms with Gasteiger partial charge in [0.15, 0.2) is 0 Å². The maximum absolute atomic E-state index is 12.6. The SMILES string of the molecule is CCCCOc1ccc(-c2nnn(CC(=O)Nc3c(C)ccc4ccccc34)n2)cc1. The van der Waals surface area contributed by atoms with Crippen LogP contribution in [-0.4, -0.2) is 32.7 Å². The molecule has 7 heteroatoms. The molecule has 1 N–H and O–H groups in total. The highest BCUT2D eigenvalue weighted by Gasteiger charge is 2.12. The van der Waals surface area contributed by atoms with Crippen LogP contribution in [0.2, 0.25) is 0 Å². The topological polar surface area (TPSA) is 81.9 Å². The van der Waals surface area contributed by atoms with Crippen LogP contribution in [0, 0.1) is 6.92 Å². The fourth-order valence-corrected chi connectivity index (χ4v) is 3.31. The van der Waals surface area contributed by atoms with Crippen molar-refractivity contribution in [3.8, 4) is 17.1 Å². The smallest absolute Gasteiger partial charge is 0.248 e. The van der Waals surface area contributed by atoms with Gasteiger partial charge in [-0.1, -0.05) is 49.7 Å². The summed E-state index contributed by atoms with van der Waals surface area (Å²) in [5.74, 6) is 1.08.